The van der Waals surface area contributed by atoms with E-state index < -0.39 is 0 Å². The van der Waals surface area contributed by atoms with E-state index in [1.165, 1.54) is 0 Å². The lowest BCUT2D eigenvalue weighted by Gasteiger charge is -2.32. The Hall–Kier alpha value is -1.58. The van der Waals surface area contributed by atoms with Gasteiger partial charge in [-0.25, -0.2) is 4.39 Å². The maximum absolute atomic E-state index is 13.9. The first-order valence-electron chi connectivity index (χ1n) is 6.79. The molecule has 4 heteroatoms. The molecule has 0 aliphatic carbocycles. The SMILES string of the molecule is CCOC(=O)C1CCN(c2ccc(C)cc2F)CC1. The second-order valence-electron chi connectivity index (χ2n) is 4.97. The summed E-state index contributed by atoms with van der Waals surface area (Å²) in [6.45, 7) is 5.51. The van der Waals surface area contributed by atoms with Crippen LogP contribution in [0.3, 0.4) is 0 Å². The molecule has 0 N–H and O–H groups in total. The minimum absolute atomic E-state index is 0.0373. The molecule has 1 aliphatic heterocycles. The summed E-state index contributed by atoms with van der Waals surface area (Å²) in [5.41, 5.74) is 1.55. The Kier molecular flexibility index (Phi) is 4.40. The van der Waals surface area contributed by atoms with Crippen LogP contribution in [-0.2, 0) is 9.53 Å². The van der Waals surface area contributed by atoms with Crippen LogP contribution >= 0.6 is 0 Å². The Bertz CT molecular complexity index is 453. The fraction of sp³-hybridized carbons (Fsp3) is 0.533. The summed E-state index contributed by atoms with van der Waals surface area (Å²) in [6.07, 6.45) is 1.46. The summed E-state index contributed by atoms with van der Waals surface area (Å²) >= 11 is 0. The number of carbonyl (C=O) groups is 1. The van der Waals surface area contributed by atoms with Crippen LogP contribution in [0.15, 0.2) is 18.2 Å². The van der Waals surface area contributed by atoms with E-state index in [0.717, 1.165) is 18.4 Å². The summed E-state index contributed by atoms with van der Waals surface area (Å²) in [4.78, 5) is 13.6. The first-order valence-corrected chi connectivity index (χ1v) is 6.79. The number of benzene rings is 1. The molecule has 0 atom stereocenters. The fourth-order valence-corrected chi connectivity index (χ4v) is 2.48. The highest BCUT2D eigenvalue weighted by atomic mass is 19.1. The molecule has 0 amide bonds. The van der Waals surface area contributed by atoms with E-state index in [1.54, 1.807) is 6.07 Å². The normalized spacial score (nSPS) is 16.5. The number of rotatable bonds is 3. The first kappa shape index (κ1) is 13.8. The first-order chi connectivity index (χ1) is 9.11. The minimum atomic E-state index is -0.186. The number of hydrogen-bond donors (Lipinski definition) is 0. The quantitative estimate of drug-likeness (QED) is 0.787. The number of esters is 1. The third-order valence-electron chi connectivity index (χ3n) is 3.56. The molecule has 0 aromatic heterocycles. The van der Waals surface area contributed by atoms with Crippen molar-refractivity contribution in [1.29, 1.82) is 0 Å². The van der Waals surface area contributed by atoms with Crippen LogP contribution in [0.25, 0.3) is 0 Å². The molecule has 1 aromatic rings. The van der Waals surface area contributed by atoms with Gasteiger partial charge in [-0.3, -0.25) is 4.79 Å². The molecule has 2 rings (SSSR count). The Morgan fingerprint density at radius 3 is 2.68 bits per heavy atom. The number of anilines is 1. The van der Waals surface area contributed by atoms with Crippen LogP contribution in [-0.4, -0.2) is 25.7 Å². The zero-order valence-corrected chi connectivity index (χ0v) is 11.5. The van der Waals surface area contributed by atoms with Crippen molar-refractivity contribution in [3.8, 4) is 0 Å². The van der Waals surface area contributed by atoms with E-state index in [-0.39, 0.29) is 17.7 Å². The zero-order chi connectivity index (χ0) is 13.8. The van der Waals surface area contributed by atoms with Crippen LogP contribution in [0.2, 0.25) is 0 Å². The van der Waals surface area contributed by atoms with Crippen LogP contribution in [0.1, 0.15) is 25.3 Å². The monoisotopic (exact) mass is 265 g/mol. The molecular formula is C15H20FNO2. The van der Waals surface area contributed by atoms with Crippen LogP contribution < -0.4 is 4.90 Å². The molecule has 1 aromatic carbocycles. The molecule has 0 bridgehead atoms. The van der Waals surface area contributed by atoms with Gasteiger partial charge in [0.1, 0.15) is 5.82 Å². The highest BCUT2D eigenvalue weighted by Crippen LogP contribution is 2.26. The molecule has 19 heavy (non-hydrogen) atoms. The van der Waals surface area contributed by atoms with Crippen molar-refractivity contribution in [1.82, 2.24) is 0 Å². The number of nitrogens with zero attached hydrogens (tertiary/aromatic N) is 1. The fourth-order valence-electron chi connectivity index (χ4n) is 2.48. The molecule has 1 aliphatic rings. The van der Waals surface area contributed by atoms with Crippen LogP contribution in [0.5, 0.6) is 0 Å². The summed E-state index contributed by atoms with van der Waals surface area (Å²) < 4.78 is 18.9. The number of halogens is 1. The minimum Gasteiger partial charge on any atom is -0.466 e. The van der Waals surface area contributed by atoms with Gasteiger partial charge >= 0.3 is 5.97 Å². The predicted octanol–water partition coefficient (Wildman–Crippen LogP) is 2.91. The summed E-state index contributed by atoms with van der Waals surface area (Å²) in [6, 6.07) is 5.28. The second-order valence-corrected chi connectivity index (χ2v) is 4.97. The number of carbonyl (C=O) groups excluding carboxylic acids is 1. The van der Waals surface area contributed by atoms with Crippen molar-refractivity contribution >= 4 is 11.7 Å². The second kappa shape index (κ2) is 6.04. The van der Waals surface area contributed by atoms with Crippen molar-refractivity contribution in [3.05, 3.63) is 29.6 Å². The summed E-state index contributed by atoms with van der Waals surface area (Å²) in [5, 5.41) is 0. The molecule has 1 fully saturated rings. The molecule has 0 saturated carbocycles. The van der Waals surface area contributed by atoms with Crippen molar-refractivity contribution in [2.24, 2.45) is 5.92 Å². The summed E-state index contributed by atoms with van der Waals surface area (Å²) in [5.74, 6) is -0.342. The Morgan fingerprint density at radius 1 is 1.42 bits per heavy atom. The van der Waals surface area contributed by atoms with E-state index in [4.69, 9.17) is 4.74 Å². The van der Waals surface area contributed by atoms with Gasteiger partial charge in [0.25, 0.3) is 0 Å². The van der Waals surface area contributed by atoms with Crippen molar-refractivity contribution in [2.75, 3.05) is 24.6 Å². The maximum atomic E-state index is 13.9. The molecule has 1 heterocycles. The van der Waals surface area contributed by atoms with Crippen LogP contribution in [0, 0.1) is 18.7 Å². The van der Waals surface area contributed by atoms with E-state index >= 15 is 0 Å². The van der Waals surface area contributed by atoms with Gasteiger partial charge in [0.15, 0.2) is 0 Å². The van der Waals surface area contributed by atoms with E-state index in [9.17, 15) is 9.18 Å². The molecule has 104 valence electrons. The average Bonchev–Trinajstić information content (AvgIpc) is 2.39. The molecule has 3 nitrogen and oxygen atoms in total. The Morgan fingerprint density at radius 2 is 2.11 bits per heavy atom. The van der Waals surface area contributed by atoms with Gasteiger partial charge < -0.3 is 9.64 Å². The highest BCUT2D eigenvalue weighted by Gasteiger charge is 2.26. The topological polar surface area (TPSA) is 29.5 Å². The Balaban J connectivity index is 1.98. The average molecular weight is 265 g/mol. The number of aryl methyl sites for hydroxylation is 1. The molecular weight excluding hydrogens is 245 g/mol. The van der Waals surface area contributed by atoms with E-state index in [0.29, 0.717) is 25.4 Å². The molecule has 0 radical (unpaired) electrons. The smallest absolute Gasteiger partial charge is 0.309 e. The van der Waals surface area contributed by atoms with E-state index in [1.807, 2.05) is 30.9 Å². The molecule has 1 saturated heterocycles. The van der Waals surface area contributed by atoms with Gasteiger partial charge in [0, 0.05) is 13.1 Å². The molecule has 0 unspecified atom stereocenters. The van der Waals surface area contributed by atoms with Gasteiger partial charge in [-0.1, -0.05) is 6.07 Å². The zero-order valence-electron chi connectivity index (χ0n) is 11.5. The van der Waals surface area contributed by atoms with Crippen molar-refractivity contribution in [2.45, 2.75) is 26.7 Å². The molecule has 0 spiro atoms. The number of piperidine rings is 1. The standard InChI is InChI=1S/C15H20FNO2/c1-3-19-15(18)12-6-8-17(9-7-12)14-5-4-11(2)10-13(14)16/h4-5,10,12H,3,6-9H2,1-2H3. The third-order valence-corrected chi connectivity index (χ3v) is 3.56. The van der Waals surface area contributed by atoms with Crippen molar-refractivity contribution in [3.63, 3.8) is 0 Å². The lowest BCUT2D eigenvalue weighted by atomic mass is 9.96. The van der Waals surface area contributed by atoms with E-state index in [2.05, 4.69) is 0 Å². The largest absolute Gasteiger partial charge is 0.466 e. The number of hydrogen-bond acceptors (Lipinski definition) is 3. The number of ether oxygens (including phenoxy) is 1. The van der Waals surface area contributed by atoms with Gasteiger partial charge in [-0.05, 0) is 44.4 Å². The predicted molar refractivity (Wildman–Crippen MR) is 72.7 cm³/mol. The van der Waals surface area contributed by atoms with Crippen molar-refractivity contribution < 1.29 is 13.9 Å². The van der Waals surface area contributed by atoms with Gasteiger partial charge in [0.05, 0.1) is 18.2 Å². The van der Waals surface area contributed by atoms with Gasteiger partial charge in [-0.15, -0.1) is 0 Å². The maximum Gasteiger partial charge on any atom is 0.309 e. The third kappa shape index (κ3) is 3.25. The lowest BCUT2D eigenvalue weighted by Crippen LogP contribution is -2.37. The van der Waals surface area contributed by atoms with Gasteiger partial charge in [-0.2, -0.15) is 0 Å². The van der Waals surface area contributed by atoms with Crippen LogP contribution in [0.4, 0.5) is 10.1 Å². The Labute approximate surface area is 113 Å². The summed E-state index contributed by atoms with van der Waals surface area (Å²) in [7, 11) is 0. The lowest BCUT2D eigenvalue weighted by molar-refractivity contribution is -0.148. The van der Waals surface area contributed by atoms with Gasteiger partial charge in [0.2, 0.25) is 0 Å². The highest BCUT2D eigenvalue weighted by molar-refractivity contribution is 5.72.